The van der Waals surface area contributed by atoms with Crippen LogP contribution in [0.4, 0.5) is 11.4 Å². The second kappa shape index (κ2) is 8.92. The highest BCUT2D eigenvalue weighted by atomic mass is 35.5. The fourth-order valence-electron chi connectivity index (χ4n) is 3.14. The third-order valence-corrected chi connectivity index (χ3v) is 4.91. The summed E-state index contributed by atoms with van der Waals surface area (Å²) in [4.78, 5) is 26.7. The lowest BCUT2D eigenvalue weighted by molar-refractivity contribution is -0.384. The van der Waals surface area contributed by atoms with Crippen molar-refractivity contribution in [2.45, 2.75) is 20.8 Å². The fraction of sp³-hybridized carbons (Fsp3) is 0.182. The first-order chi connectivity index (χ1) is 14.3. The maximum absolute atomic E-state index is 11.8. The summed E-state index contributed by atoms with van der Waals surface area (Å²) in [5.41, 5.74) is 4.46. The van der Waals surface area contributed by atoms with Crippen molar-refractivity contribution >= 4 is 35.2 Å². The van der Waals surface area contributed by atoms with Crippen LogP contribution in [0.3, 0.4) is 0 Å². The van der Waals surface area contributed by atoms with E-state index in [1.165, 1.54) is 12.1 Å². The van der Waals surface area contributed by atoms with E-state index >= 15 is 0 Å². The summed E-state index contributed by atoms with van der Waals surface area (Å²) in [7, 11) is 0. The lowest BCUT2D eigenvalue weighted by Crippen LogP contribution is -2.05. The van der Waals surface area contributed by atoms with Crippen LogP contribution < -0.4 is 0 Å². The predicted octanol–water partition coefficient (Wildman–Crippen LogP) is 5.58. The molecule has 1 heterocycles. The van der Waals surface area contributed by atoms with Gasteiger partial charge in [-0.05, 0) is 63.2 Å². The number of nitro benzene ring substituents is 1. The highest BCUT2D eigenvalue weighted by Gasteiger charge is 2.13. The molecule has 0 spiro atoms. The number of esters is 1. The van der Waals surface area contributed by atoms with Gasteiger partial charge in [0, 0.05) is 34.9 Å². The minimum atomic E-state index is -0.535. The third-order valence-electron chi connectivity index (χ3n) is 4.59. The number of benzene rings is 2. The molecule has 0 saturated heterocycles. The first-order valence-corrected chi connectivity index (χ1v) is 9.64. The van der Waals surface area contributed by atoms with E-state index < -0.39 is 4.92 Å². The van der Waals surface area contributed by atoms with Crippen LogP contribution in [-0.2, 0) is 4.74 Å². The summed E-state index contributed by atoms with van der Waals surface area (Å²) >= 11 is 5.85. The third kappa shape index (κ3) is 4.41. The quantitative estimate of drug-likeness (QED) is 0.223. The Kier molecular flexibility index (Phi) is 6.32. The predicted molar refractivity (Wildman–Crippen MR) is 117 cm³/mol. The van der Waals surface area contributed by atoms with Crippen molar-refractivity contribution in [3.8, 4) is 5.69 Å². The Hall–Kier alpha value is -3.45. The van der Waals surface area contributed by atoms with Crippen molar-refractivity contribution in [1.82, 2.24) is 4.57 Å². The van der Waals surface area contributed by atoms with Crippen molar-refractivity contribution in [3.63, 3.8) is 0 Å². The number of nitro groups is 1. The van der Waals surface area contributed by atoms with E-state index in [1.807, 2.05) is 36.6 Å². The molecule has 0 radical (unpaired) electrons. The van der Waals surface area contributed by atoms with Crippen LogP contribution in [0.5, 0.6) is 0 Å². The summed E-state index contributed by atoms with van der Waals surface area (Å²) in [6, 6.07) is 13.6. The number of halogens is 1. The Morgan fingerprint density at radius 3 is 2.53 bits per heavy atom. The van der Waals surface area contributed by atoms with Crippen LogP contribution in [0.25, 0.3) is 5.69 Å². The highest BCUT2D eigenvalue weighted by Crippen LogP contribution is 2.29. The minimum absolute atomic E-state index is 0.0726. The molecule has 0 fully saturated rings. The summed E-state index contributed by atoms with van der Waals surface area (Å²) in [6.07, 6.45) is 1.67. The van der Waals surface area contributed by atoms with Crippen molar-refractivity contribution in [1.29, 1.82) is 0 Å². The second-order valence-corrected chi connectivity index (χ2v) is 6.99. The number of hydrogen-bond donors (Lipinski definition) is 0. The topological polar surface area (TPSA) is 86.7 Å². The Morgan fingerprint density at radius 1 is 1.20 bits per heavy atom. The number of carbonyl (C=O) groups excluding carboxylic acids is 1. The fourth-order valence-corrected chi connectivity index (χ4v) is 3.33. The van der Waals surface area contributed by atoms with Gasteiger partial charge in [0.15, 0.2) is 0 Å². The molecule has 3 aromatic rings. The van der Waals surface area contributed by atoms with E-state index in [2.05, 4.69) is 4.99 Å². The molecule has 154 valence electrons. The molecule has 7 nitrogen and oxygen atoms in total. The van der Waals surface area contributed by atoms with E-state index in [4.69, 9.17) is 16.3 Å². The van der Waals surface area contributed by atoms with Crippen molar-refractivity contribution in [2.24, 2.45) is 4.99 Å². The second-order valence-electron chi connectivity index (χ2n) is 6.58. The Balaban J connectivity index is 1.89. The number of aromatic nitrogens is 1. The molecule has 0 aliphatic rings. The van der Waals surface area contributed by atoms with Gasteiger partial charge in [0.1, 0.15) is 5.02 Å². The molecular weight excluding hydrogens is 406 g/mol. The van der Waals surface area contributed by atoms with Gasteiger partial charge in [-0.2, -0.15) is 0 Å². The number of rotatable bonds is 6. The van der Waals surface area contributed by atoms with Gasteiger partial charge >= 0.3 is 5.97 Å². The molecule has 2 aromatic carbocycles. The maximum atomic E-state index is 11.8. The maximum Gasteiger partial charge on any atom is 0.338 e. The SMILES string of the molecule is CCOC(=O)c1ccc(-n2c(C)cc(C=Nc3ccc(Cl)c([N+](=O)[O-])c3)c2C)cc1. The Morgan fingerprint density at radius 2 is 1.90 bits per heavy atom. The van der Waals surface area contributed by atoms with E-state index in [-0.39, 0.29) is 16.7 Å². The molecule has 8 heteroatoms. The van der Waals surface area contributed by atoms with E-state index in [1.54, 1.807) is 31.3 Å². The standard InChI is InChI=1S/C22H20ClN3O4/c1-4-30-22(27)16-5-8-19(9-6-16)25-14(2)11-17(15(25)3)13-24-18-7-10-20(23)21(12-18)26(28)29/h5-13H,4H2,1-3H3. The average molecular weight is 426 g/mol. The molecule has 0 aliphatic heterocycles. The van der Waals surface area contributed by atoms with Gasteiger partial charge in [0.2, 0.25) is 0 Å². The van der Waals surface area contributed by atoms with Crippen molar-refractivity contribution in [2.75, 3.05) is 6.61 Å². The van der Waals surface area contributed by atoms with Gasteiger partial charge in [-0.1, -0.05) is 11.6 Å². The zero-order valence-corrected chi connectivity index (χ0v) is 17.5. The first kappa shape index (κ1) is 21.3. The number of nitrogens with zero attached hydrogens (tertiary/aromatic N) is 3. The smallest absolute Gasteiger partial charge is 0.338 e. The molecule has 0 N–H and O–H groups in total. The lowest BCUT2D eigenvalue weighted by Gasteiger charge is -2.10. The summed E-state index contributed by atoms with van der Waals surface area (Å²) < 4.78 is 7.06. The van der Waals surface area contributed by atoms with Gasteiger partial charge in [0.05, 0.1) is 22.8 Å². The molecule has 0 atom stereocenters. The molecule has 0 amide bonds. The normalized spacial score (nSPS) is 11.1. The lowest BCUT2D eigenvalue weighted by atomic mass is 10.2. The number of ether oxygens (including phenoxy) is 1. The largest absolute Gasteiger partial charge is 0.462 e. The molecule has 0 bridgehead atoms. The van der Waals surface area contributed by atoms with Crippen LogP contribution in [0.15, 0.2) is 53.5 Å². The molecular formula is C22H20ClN3O4. The van der Waals surface area contributed by atoms with Gasteiger partial charge in [-0.25, -0.2) is 4.79 Å². The van der Waals surface area contributed by atoms with Crippen molar-refractivity contribution in [3.05, 3.63) is 86.2 Å². The molecule has 0 saturated carbocycles. The number of hydrogen-bond acceptors (Lipinski definition) is 5. The Bertz CT molecular complexity index is 1130. The van der Waals surface area contributed by atoms with Gasteiger partial charge in [-0.15, -0.1) is 0 Å². The van der Waals surface area contributed by atoms with Crippen LogP contribution in [0.2, 0.25) is 5.02 Å². The van der Waals surface area contributed by atoms with Crippen LogP contribution >= 0.6 is 11.6 Å². The number of aryl methyl sites for hydroxylation is 1. The number of carbonyl (C=O) groups is 1. The highest BCUT2D eigenvalue weighted by molar-refractivity contribution is 6.32. The Labute approximate surface area is 178 Å². The van der Waals surface area contributed by atoms with Gasteiger partial charge < -0.3 is 9.30 Å². The molecule has 1 aromatic heterocycles. The monoisotopic (exact) mass is 425 g/mol. The molecule has 0 aliphatic carbocycles. The van der Waals surface area contributed by atoms with Gasteiger partial charge in [0.25, 0.3) is 5.69 Å². The molecule has 0 unspecified atom stereocenters. The number of aliphatic imine (C=N–C) groups is 1. The van der Waals surface area contributed by atoms with Crippen LogP contribution in [0, 0.1) is 24.0 Å². The minimum Gasteiger partial charge on any atom is -0.462 e. The summed E-state index contributed by atoms with van der Waals surface area (Å²) in [5.74, 6) is -0.352. The van der Waals surface area contributed by atoms with Crippen molar-refractivity contribution < 1.29 is 14.5 Å². The molecule has 3 rings (SSSR count). The van der Waals surface area contributed by atoms with E-state index in [0.717, 1.165) is 22.6 Å². The van der Waals surface area contributed by atoms with E-state index in [9.17, 15) is 14.9 Å². The summed E-state index contributed by atoms with van der Waals surface area (Å²) in [6.45, 7) is 6.02. The van der Waals surface area contributed by atoms with Crippen LogP contribution in [0.1, 0.15) is 34.2 Å². The van der Waals surface area contributed by atoms with Crippen LogP contribution in [-0.4, -0.2) is 28.3 Å². The zero-order valence-electron chi connectivity index (χ0n) is 16.8. The van der Waals surface area contributed by atoms with Gasteiger partial charge in [-0.3, -0.25) is 15.1 Å². The van der Waals surface area contributed by atoms with E-state index in [0.29, 0.717) is 17.9 Å². The average Bonchev–Trinajstić information content (AvgIpc) is 3.00. The zero-order chi connectivity index (χ0) is 21.8. The summed E-state index contributed by atoms with van der Waals surface area (Å²) in [5, 5.41) is 11.1. The first-order valence-electron chi connectivity index (χ1n) is 9.26. The molecule has 30 heavy (non-hydrogen) atoms.